The molecule has 0 saturated heterocycles. The van der Waals surface area contributed by atoms with E-state index in [2.05, 4.69) is 25.6 Å². The van der Waals surface area contributed by atoms with Gasteiger partial charge in [-0.1, -0.05) is 6.07 Å². The molecule has 132 valence electrons. The van der Waals surface area contributed by atoms with Crippen LogP contribution in [0.25, 0.3) is 16.6 Å². The SMILES string of the molecule is Cc1[nH]nc2cc(Nc3nc4cccc(N(C)CC(N)=O)n4n3)ccc12. The highest BCUT2D eigenvalue weighted by molar-refractivity contribution is 5.85. The van der Waals surface area contributed by atoms with Crippen molar-refractivity contribution in [1.29, 1.82) is 0 Å². The molecule has 4 N–H and O–H groups in total. The number of hydrogen-bond acceptors (Lipinski definition) is 6. The number of pyridine rings is 1. The molecule has 1 amide bonds. The first-order valence-corrected chi connectivity index (χ1v) is 8.08. The standard InChI is InChI=1S/C17H18N8O/c1-10-12-7-6-11(8-13(12)22-21-10)19-17-20-15-4-3-5-16(25(15)23-17)24(2)9-14(18)26/h3-8H,9H2,1-2H3,(H2,18,26)(H,19,23)(H,21,22). The third-order valence-corrected chi connectivity index (χ3v) is 4.13. The molecule has 4 aromatic rings. The summed E-state index contributed by atoms with van der Waals surface area (Å²) in [6.45, 7) is 2.08. The van der Waals surface area contributed by atoms with Crippen molar-refractivity contribution in [3.8, 4) is 0 Å². The molecule has 3 heterocycles. The number of anilines is 3. The Morgan fingerprint density at radius 1 is 1.35 bits per heavy atom. The Kier molecular flexibility index (Phi) is 3.68. The number of amides is 1. The van der Waals surface area contributed by atoms with Crippen LogP contribution in [-0.2, 0) is 4.79 Å². The van der Waals surface area contributed by atoms with Crippen LogP contribution in [0.3, 0.4) is 0 Å². The molecular formula is C17H18N8O. The summed E-state index contributed by atoms with van der Waals surface area (Å²) in [5, 5.41) is 16.0. The molecule has 9 nitrogen and oxygen atoms in total. The van der Waals surface area contributed by atoms with Gasteiger partial charge in [-0.25, -0.2) is 0 Å². The van der Waals surface area contributed by atoms with Crippen LogP contribution in [0.4, 0.5) is 17.5 Å². The molecule has 4 rings (SSSR count). The summed E-state index contributed by atoms with van der Waals surface area (Å²) >= 11 is 0. The van der Waals surface area contributed by atoms with Crippen LogP contribution in [0.2, 0.25) is 0 Å². The number of aromatic nitrogens is 5. The third-order valence-electron chi connectivity index (χ3n) is 4.13. The zero-order chi connectivity index (χ0) is 18.3. The van der Waals surface area contributed by atoms with E-state index in [-0.39, 0.29) is 6.54 Å². The van der Waals surface area contributed by atoms with Gasteiger partial charge in [-0.15, -0.1) is 5.10 Å². The number of carbonyl (C=O) groups excluding carboxylic acids is 1. The lowest BCUT2D eigenvalue weighted by atomic mass is 10.2. The van der Waals surface area contributed by atoms with Crippen LogP contribution in [0.15, 0.2) is 36.4 Å². The summed E-state index contributed by atoms with van der Waals surface area (Å²) in [6.07, 6.45) is 0. The number of rotatable bonds is 5. The van der Waals surface area contributed by atoms with E-state index in [0.717, 1.165) is 28.1 Å². The second kappa shape index (κ2) is 6.03. The predicted octanol–water partition coefficient (Wildman–Crippen LogP) is 1.58. The van der Waals surface area contributed by atoms with Crippen LogP contribution in [0.1, 0.15) is 5.69 Å². The van der Waals surface area contributed by atoms with E-state index in [1.54, 1.807) is 16.5 Å². The molecule has 0 radical (unpaired) electrons. The number of nitrogens with zero attached hydrogens (tertiary/aromatic N) is 5. The number of carbonyl (C=O) groups is 1. The number of aromatic amines is 1. The molecule has 0 aliphatic carbocycles. The molecule has 3 aromatic heterocycles. The quantitative estimate of drug-likeness (QED) is 0.503. The smallest absolute Gasteiger partial charge is 0.247 e. The van der Waals surface area contributed by atoms with Gasteiger partial charge in [0.05, 0.1) is 12.1 Å². The first-order valence-electron chi connectivity index (χ1n) is 8.08. The van der Waals surface area contributed by atoms with Crippen LogP contribution >= 0.6 is 0 Å². The van der Waals surface area contributed by atoms with Crippen molar-refractivity contribution in [3.63, 3.8) is 0 Å². The van der Waals surface area contributed by atoms with Crippen LogP contribution < -0.4 is 16.0 Å². The van der Waals surface area contributed by atoms with Gasteiger partial charge in [0.2, 0.25) is 11.9 Å². The Morgan fingerprint density at radius 2 is 2.19 bits per heavy atom. The third kappa shape index (κ3) is 2.79. The molecule has 9 heteroatoms. The average molecular weight is 350 g/mol. The van der Waals surface area contributed by atoms with Gasteiger partial charge in [0, 0.05) is 23.8 Å². The lowest BCUT2D eigenvalue weighted by Crippen LogP contribution is -2.31. The number of fused-ring (bicyclic) bond motifs is 2. The van der Waals surface area contributed by atoms with Crippen molar-refractivity contribution in [2.75, 3.05) is 23.8 Å². The Morgan fingerprint density at radius 3 is 3.00 bits per heavy atom. The number of nitrogens with two attached hydrogens (primary N) is 1. The minimum absolute atomic E-state index is 0.0942. The van der Waals surface area contributed by atoms with E-state index in [0.29, 0.717) is 11.6 Å². The molecule has 1 aromatic carbocycles. The molecular weight excluding hydrogens is 332 g/mol. The van der Waals surface area contributed by atoms with Crippen molar-refractivity contribution in [3.05, 3.63) is 42.1 Å². The molecule has 0 saturated carbocycles. The van der Waals surface area contributed by atoms with Gasteiger partial charge in [0.15, 0.2) is 5.65 Å². The number of benzene rings is 1. The van der Waals surface area contributed by atoms with Gasteiger partial charge in [-0.3, -0.25) is 9.89 Å². The first-order chi connectivity index (χ1) is 12.5. The summed E-state index contributed by atoms with van der Waals surface area (Å²) in [4.78, 5) is 17.4. The summed E-state index contributed by atoms with van der Waals surface area (Å²) < 4.78 is 1.67. The molecule has 0 bridgehead atoms. The summed E-state index contributed by atoms with van der Waals surface area (Å²) in [5.74, 6) is 0.766. The van der Waals surface area contributed by atoms with Gasteiger partial charge < -0.3 is 16.0 Å². The number of H-pyrrole nitrogens is 1. The maximum atomic E-state index is 11.2. The number of likely N-dealkylation sites (N-methyl/N-ethyl adjacent to an activating group) is 1. The fourth-order valence-electron chi connectivity index (χ4n) is 2.90. The molecule has 0 fully saturated rings. The second-order valence-corrected chi connectivity index (χ2v) is 6.12. The summed E-state index contributed by atoms with van der Waals surface area (Å²) in [7, 11) is 1.78. The Hall–Kier alpha value is -3.62. The number of primary amides is 1. The van der Waals surface area contributed by atoms with Crippen LogP contribution in [0, 0.1) is 6.92 Å². The highest BCUT2D eigenvalue weighted by atomic mass is 16.1. The number of hydrogen-bond donors (Lipinski definition) is 3. The highest BCUT2D eigenvalue weighted by Crippen LogP contribution is 2.23. The van der Waals surface area contributed by atoms with Crippen molar-refractivity contribution >= 4 is 39.9 Å². The summed E-state index contributed by atoms with van der Waals surface area (Å²) in [6, 6.07) is 11.5. The monoisotopic (exact) mass is 350 g/mol. The Balaban J connectivity index is 1.67. The molecule has 0 spiro atoms. The largest absolute Gasteiger partial charge is 0.368 e. The fraction of sp³-hybridized carbons (Fsp3) is 0.176. The number of nitrogens with one attached hydrogen (secondary N) is 2. The first kappa shape index (κ1) is 15.9. The Bertz CT molecular complexity index is 1110. The zero-order valence-corrected chi connectivity index (χ0v) is 14.4. The maximum Gasteiger partial charge on any atom is 0.247 e. The molecule has 26 heavy (non-hydrogen) atoms. The minimum atomic E-state index is -0.412. The molecule has 0 unspecified atom stereocenters. The highest BCUT2D eigenvalue weighted by Gasteiger charge is 2.12. The van der Waals surface area contributed by atoms with Crippen LogP contribution in [0.5, 0.6) is 0 Å². The summed E-state index contributed by atoms with van der Waals surface area (Å²) in [5.41, 5.74) is 8.69. The molecule has 0 aliphatic heterocycles. The molecule has 0 aliphatic rings. The fourth-order valence-corrected chi connectivity index (χ4v) is 2.90. The molecule has 0 atom stereocenters. The van der Waals surface area contributed by atoms with Crippen LogP contribution in [-0.4, -0.2) is 44.3 Å². The number of aryl methyl sites for hydroxylation is 1. The van der Waals surface area contributed by atoms with Gasteiger partial charge in [-0.05, 0) is 37.3 Å². The lowest BCUT2D eigenvalue weighted by molar-refractivity contribution is -0.116. The van der Waals surface area contributed by atoms with E-state index < -0.39 is 5.91 Å². The van der Waals surface area contributed by atoms with E-state index in [4.69, 9.17) is 5.73 Å². The van der Waals surface area contributed by atoms with E-state index >= 15 is 0 Å². The van der Waals surface area contributed by atoms with Gasteiger partial charge in [-0.2, -0.15) is 14.6 Å². The van der Waals surface area contributed by atoms with Gasteiger partial charge >= 0.3 is 0 Å². The Labute approximate surface area is 148 Å². The minimum Gasteiger partial charge on any atom is -0.368 e. The van der Waals surface area contributed by atoms with E-state index in [1.165, 1.54) is 0 Å². The average Bonchev–Trinajstić information content (AvgIpc) is 3.17. The van der Waals surface area contributed by atoms with Gasteiger partial charge in [0.25, 0.3) is 0 Å². The van der Waals surface area contributed by atoms with E-state index in [9.17, 15) is 4.79 Å². The predicted molar refractivity (Wildman–Crippen MR) is 99.6 cm³/mol. The van der Waals surface area contributed by atoms with Crippen molar-refractivity contribution < 1.29 is 4.79 Å². The van der Waals surface area contributed by atoms with Gasteiger partial charge in [0.1, 0.15) is 5.82 Å². The van der Waals surface area contributed by atoms with Crippen molar-refractivity contribution in [1.82, 2.24) is 24.8 Å². The zero-order valence-electron chi connectivity index (χ0n) is 14.4. The normalized spacial score (nSPS) is 11.2. The van der Waals surface area contributed by atoms with E-state index in [1.807, 2.05) is 43.3 Å². The topological polar surface area (TPSA) is 117 Å². The second-order valence-electron chi connectivity index (χ2n) is 6.12. The van der Waals surface area contributed by atoms with Crippen molar-refractivity contribution in [2.45, 2.75) is 6.92 Å². The van der Waals surface area contributed by atoms with Crippen molar-refractivity contribution in [2.24, 2.45) is 5.73 Å². The lowest BCUT2D eigenvalue weighted by Gasteiger charge is -2.17. The maximum absolute atomic E-state index is 11.2.